The van der Waals surface area contributed by atoms with Gasteiger partial charge in [-0.25, -0.2) is 14.7 Å². The monoisotopic (exact) mass is 989 g/mol. The van der Waals surface area contributed by atoms with Crippen molar-refractivity contribution in [3.63, 3.8) is 0 Å². The number of amides is 3. The number of imidazole rings is 1. The number of ether oxygens (including phenoxy) is 6. The summed E-state index contributed by atoms with van der Waals surface area (Å²) in [4.78, 5) is 98.2. The number of carbonyl (C=O) groups excluding carboxylic acids is 6. The summed E-state index contributed by atoms with van der Waals surface area (Å²) in [6, 6.07) is 33.6. The van der Waals surface area contributed by atoms with E-state index in [0.717, 1.165) is 24.6 Å². The number of cyclic esters (lactones) is 1. The van der Waals surface area contributed by atoms with E-state index in [4.69, 9.17) is 28.4 Å². The number of carbonyl (C=O) groups is 6. The van der Waals surface area contributed by atoms with Crippen LogP contribution in [0.15, 0.2) is 127 Å². The molecule has 6 atom stereocenters. The Kier molecular flexibility index (Phi) is 14.6. The molecule has 3 aliphatic rings. The number of H-pyrrole nitrogens is 1. The molecule has 374 valence electrons. The summed E-state index contributed by atoms with van der Waals surface area (Å²) in [5.41, 5.74) is 1.41. The maximum absolute atomic E-state index is 16.5. The third-order valence-electron chi connectivity index (χ3n) is 13.4. The van der Waals surface area contributed by atoms with E-state index < -0.39 is 77.3 Å². The third kappa shape index (κ3) is 9.25. The van der Waals surface area contributed by atoms with E-state index in [1.54, 1.807) is 36.4 Å². The number of rotatable bonds is 15. The number of nitrogens with one attached hydrogen (secondary N) is 2. The summed E-state index contributed by atoms with van der Waals surface area (Å²) in [5, 5.41) is 12.6. The standard InChI is InChI=1S/C55H51N5O13/c1-68-29-30-72-54(67)59-42-26-21-33(13-12-18-38(50(63)69-2)51(64)70-3)31-39(42)55(53(59)66)44(49(62)56-32-43-57-40-19-10-11-20-41(40)58-43)46-52(65)73-47(35-16-8-5-9-17-35)45(34-14-6-4-7-15-34)60(46)48(55)36-22-24-37(25-23-36)71-28-27-61/h4-11,14-17,19-26,31,38,44-48,61H,18,27-30,32H2,1-3H3,(H,56,62)(H,57,58)/t44-,45-,46-,47+,48+,55-/m0/s1. The van der Waals surface area contributed by atoms with Gasteiger partial charge in [-0.15, -0.1) is 0 Å². The minimum Gasteiger partial charge on any atom is -0.491 e. The highest BCUT2D eigenvalue weighted by atomic mass is 16.6. The van der Waals surface area contributed by atoms with Gasteiger partial charge >= 0.3 is 24.0 Å². The predicted molar refractivity (Wildman–Crippen MR) is 261 cm³/mol. The van der Waals surface area contributed by atoms with Crippen LogP contribution in [-0.4, -0.2) is 110 Å². The summed E-state index contributed by atoms with van der Waals surface area (Å²) < 4.78 is 32.9. The fourth-order valence-electron chi connectivity index (χ4n) is 10.3. The smallest absolute Gasteiger partial charge is 0.421 e. The largest absolute Gasteiger partial charge is 0.491 e. The highest BCUT2D eigenvalue weighted by Gasteiger charge is 2.75. The molecule has 3 aliphatic heterocycles. The van der Waals surface area contributed by atoms with Crippen molar-refractivity contribution in [1.82, 2.24) is 20.2 Å². The molecule has 18 nitrogen and oxygen atoms in total. The lowest BCUT2D eigenvalue weighted by molar-refractivity contribution is -0.178. The maximum Gasteiger partial charge on any atom is 0.421 e. The van der Waals surface area contributed by atoms with E-state index in [-0.39, 0.29) is 56.2 Å². The van der Waals surface area contributed by atoms with Crippen molar-refractivity contribution in [2.75, 3.05) is 52.7 Å². The van der Waals surface area contributed by atoms with Crippen LogP contribution < -0.4 is 15.0 Å². The summed E-state index contributed by atoms with van der Waals surface area (Å²) in [7, 11) is 3.71. The molecule has 3 amide bonds. The normalized spacial score (nSPS) is 20.9. The minimum absolute atomic E-state index is 0.0000895. The zero-order valence-corrected chi connectivity index (χ0v) is 40.0. The Labute approximate surface area is 419 Å². The van der Waals surface area contributed by atoms with Gasteiger partial charge in [-0.3, -0.25) is 28.9 Å². The number of fused-ring (bicyclic) bond motifs is 4. The van der Waals surface area contributed by atoms with Gasteiger partial charge in [0.15, 0.2) is 5.92 Å². The second-order valence-corrected chi connectivity index (χ2v) is 17.4. The number of anilines is 1. The quantitative estimate of drug-likeness (QED) is 0.0385. The van der Waals surface area contributed by atoms with E-state index in [1.807, 2.05) is 89.8 Å². The van der Waals surface area contributed by atoms with Gasteiger partial charge in [0.25, 0.3) is 0 Å². The first kappa shape index (κ1) is 49.6. The van der Waals surface area contributed by atoms with Crippen LogP contribution in [0.3, 0.4) is 0 Å². The topological polar surface area (TPSA) is 225 Å². The van der Waals surface area contributed by atoms with Crippen LogP contribution in [0.2, 0.25) is 0 Å². The Morgan fingerprint density at radius 1 is 0.808 bits per heavy atom. The number of aromatic amines is 1. The average molecular weight is 990 g/mol. The van der Waals surface area contributed by atoms with E-state index in [9.17, 15) is 19.5 Å². The molecular weight excluding hydrogens is 939 g/mol. The van der Waals surface area contributed by atoms with Gasteiger partial charge in [0, 0.05) is 19.1 Å². The summed E-state index contributed by atoms with van der Waals surface area (Å²) in [5.74, 6) is -0.513. The third-order valence-corrected chi connectivity index (χ3v) is 13.4. The molecule has 2 fully saturated rings. The first-order chi connectivity index (χ1) is 35.5. The van der Waals surface area contributed by atoms with Gasteiger partial charge < -0.3 is 43.8 Å². The molecule has 9 rings (SSSR count). The Morgan fingerprint density at radius 3 is 2.16 bits per heavy atom. The Morgan fingerprint density at radius 2 is 1.49 bits per heavy atom. The number of nitrogens with zero attached hydrogens (tertiary/aromatic N) is 3. The van der Waals surface area contributed by atoms with Crippen LogP contribution in [0, 0.1) is 23.7 Å². The lowest BCUT2D eigenvalue weighted by atomic mass is 9.65. The van der Waals surface area contributed by atoms with Crippen molar-refractivity contribution >= 4 is 52.5 Å². The molecule has 5 aromatic carbocycles. The van der Waals surface area contributed by atoms with Crippen molar-refractivity contribution in [3.8, 4) is 17.6 Å². The zero-order chi connectivity index (χ0) is 51.2. The average Bonchev–Trinajstić information content (AvgIpc) is 4.07. The number of aromatic nitrogens is 2. The molecule has 6 aromatic rings. The second kappa shape index (κ2) is 21.5. The number of hydrogen-bond donors (Lipinski definition) is 3. The molecule has 0 bridgehead atoms. The Hall–Kier alpha value is -8.37. The molecule has 2 saturated heterocycles. The highest BCUT2D eigenvalue weighted by Crippen LogP contribution is 2.66. The summed E-state index contributed by atoms with van der Waals surface area (Å²) in [6.07, 6.45) is -2.36. The van der Waals surface area contributed by atoms with E-state index in [0.29, 0.717) is 33.8 Å². The van der Waals surface area contributed by atoms with Gasteiger partial charge in [-0.2, -0.15) is 0 Å². The molecule has 0 unspecified atom stereocenters. The number of aliphatic hydroxyl groups is 1. The van der Waals surface area contributed by atoms with Crippen molar-refractivity contribution in [2.24, 2.45) is 11.8 Å². The number of esters is 3. The van der Waals surface area contributed by atoms with E-state index in [2.05, 4.69) is 27.1 Å². The molecule has 4 heterocycles. The van der Waals surface area contributed by atoms with Gasteiger partial charge in [-0.05, 0) is 64.7 Å². The van der Waals surface area contributed by atoms with Crippen LogP contribution in [0.5, 0.6) is 5.75 Å². The number of hydrogen-bond acceptors (Lipinski definition) is 15. The van der Waals surface area contributed by atoms with Crippen molar-refractivity contribution < 1.29 is 62.3 Å². The van der Waals surface area contributed by atoms with Crippen molar-refractivity contribution in [1.29, 1.82) is 0 Å². The molecule has 3 N–H and O–H groups in total. The van der Waals surface area contributed by atoms with Gasteiger partial charge in [0.2, 0.25) is 11.8 Å². The number of methoxy groups -OCH3 is 3. The van der Waals surface area contributed by atoms with E-state index >= 15 is 14.4 Å². The first-order valence-electron chi connectivity index (χ1n) is 23.5. The lowest BCUT2D eigenvalue weighted by Gasteiger charge is -2.46. The number of benzene rings is 5. The zero-order valence-electron chi connectivity index (χ0n) is 40.0. The molecule has 0 saturated carbocycles. The highest BCUT2D eigenvalue weighted by molar-refractivity contribution is 6.23. The summed E-state index contributed by atoms with van der Waals surface area (Å²) >= 11 is 0. The van der Waals surface area contributed by atoms with Crippen LogP contribution in [-0.2, 0) is 59.6 Å². The van der Waals surface area contributed by atoms with Gasteiger partial charge in [-0.1, -0.05) is 96.8 Å². The van der Waals surface area contributed by atoms with E-state index in [1.165, 1.54) is 13.2 Å². The molecule has 1 aromatic heterocycles. The summed E-state index contributed by atoms with van der Waals surface area (Å²) in [6.45, 7) is -0.656. The minimum atomic E-state index is -2.18. The number of aliphatic hydroxyl groups excluding tert-OH is 1. The number of imide groups is 1. The van der Waals surface area contributed by atoms with Crippen LogP contribution in [0.1, 0.15) is 58.3 Å². The van der Waals surface area contributed by atoms with Crippen LogP contribution in [0.4, 0.5) is 10.5 Å². The molecule has 0 aliphatic carbocycles. The van der Waals surface area contributed by atoms with Crippen molar-refractivity contribution in [2.45, 2.75) is 42.6 Å². The van der Waals surface area contributed by atoms with Gasteiger partial charge in [0.1, 0.15) is 42.3 Å². The lowest BCUT2D eigenvalue weighted by Crippen LogP contribution is -2.55. The maximum atomic E-state index is 16.5. The molecular formula is C55H51N5O13. The SMILES string of the molecule is COCCOC(=O)N1C(=O)[C@@]2(c3cc(C#CCC(C(=O)OC)C(=O)OC)ccc31)[C@H](C(=O)NCc1nc3ccccc3[nH]1)[C@H]1C(=O)O[C@H](c3ccccc3)[C@H](c3ccccc3)N1[C@@H]2c1ccc(OCCO)cc1. The molecule has 18 heteroatoms. The fourth-order valence-corrected chi connectivity index (χ4v) is 10.3. The van der Waals surface area contributed by atoms with Crippen LogP contribution >= 0.6 is 0 Å². The second-order valence-electron chi connectivity index (χ2n) is 17.4. The molecule has 73 heavy (non-hydrogen) atoms. The Balaban J connectivity index is 1.31. The van der Waals surface area contributed by atoms with Gasteiger partial charge in [0.05, 0.1) is 68.7 Å². The fraction of sp³-hybridized carbons (Fsp3) is 0.291. The van der Waals surface area contributed by atoms with Crippen molar-refractivity contribution in [3.05, 3.63) is 161 Å². The number of morpholine rings is 1. The number of para-hydroxylation sites is 2. The Bertz CT molecular complexity index is 3050. The molecule has 1 spiro atoms. The van der Waals surface area contributed by atoms with Crippen LogP contribution in [0.25, 0.3) is 11.0 Å². The predicted octanol–water partition coefficient (Wildman–Crippen LogP) is 5.40. The first-order valence-corrected chi connectivity index (χ1v) is 23.5. The molecule has 0 radical (unpaired) electrons.